The molecule has 0 heterocycles. The third-order valence-corrected chi connectivity index (χ3v) is 3.45. The van der Waals surface area contributed by atoms with E-state index in [9.17, 15) is 0 Å². The Hall–Kier alpha value is -1.30. The normalized spacial score (nSPS) is 12.3. The van der Waals surface area contributed by atoms with Crippen LogP contribution in [0.5, 0.6) is 0 Å². The van der Waals surface area contributed by atoms with Gasteiger partial charge in [-0.2, -0.15) is 0 Å². The summed E-state index contributed by atoms with van der Waals surface area (Å²) < 4.78 is 0. The van der Waals surface area contributed by atoms with Gasteiger partial charge in [0.15, 0.2) is 0 Å². The average molecular weight is 258 g/mol. The number of unbranched alkanes of at least 4 members (excludes halogenated alkanes) is 1. The fourth-order valence-corrected chi connectivity index (χ4v) is 2.35. The lowest BCUT2D eigenvalue weighted by molar-refractivity contribution is 0.213. The Kier molecular flexibility index (Phi) is 7.97. The molecule has 0 saturated heterocycles. The first-order valence-electron chi connectivity index (χ1n) is 7.26. The van der Waals surface area contributed by atoms with E-state index >= 15 is 0 Å². The summed E-state index contributed by atoms with van der Waals surface area (Å²) in [5.41, 5.74) is 1.38. The third-order valence-electron chi connectivity index (χ3n) is 3.45. The SMILES string of the molecule is C#CCCCNCC(c1ccccc1)N(CC)CC. The highest BCUT2D eigenvalue weighted by molar-refractivity contribution is 5.19. The number of hydrogen-bond donors (Lipinski definition) is 1. The first-order valence-corrected chi connectivity index (χ1v) is 7.26. The average Bonchev–Trinajstić information content (AvgIpc) is 2.47. The summed E-state index contributed by atoms with van der Waals surface area (Å²) in [6.07, 6.45) is 7.17. The molecule has 0 amide bonds. The van der Waals surface area contributed by atoms with Gasteiger partial charge in [0.2, 0.25) is 0 Å². The Morgan fingerprint density at radius 2 is 1.89 bits per heavy atom. The van der Waals surface area contributed by atoms with E-state index in [1.807, 2.05) is 0 Å². The van der Waals surface area contributed by atoms with Crippen molar-refractivity contribution in [2.24, 2.45) is 0 Å². The Morgan fingerprint density at radius 1 is 1.21 bits per heavy atom. The van der Waals surface area contributed by atoms with Crippen LogP contribution in [-0.2, 0) is 0 Å². The first kappa shape index (κ1) is 15.8. The predicted octanol–water partition coefficient (Wildman–Crippen LogP) is 3.07. The predicted molar refractivity (Wildman–Crippen MR) is 83.0 cm³/mol. The highest BCUT2D eigenvalue weighted by Gasteiger charge is 2.16. The molecule has 1 atom stereocenters. The van der Waals surface area contributed by atoms with E-state index in [0.29, 0.717) is 6.04 Å². The molecule has 1 N–H and O–H groups in total. The van der Waals surface area contributed by atoms with Gasteiger partial charge in [0.1, 0.15) is 0 Å². The second-order valence-electron chi connectivity index (χ2n) is 4.66. The fraction of sp³-hybridized carbons (Fsp3) is 0.529. The summed E-state index contributed by atoms with van der Waals surface area (Å²) in [5, 5.41) is 3.53. The molecular formula is C17H26N2. The molecular weight excluding hydrogens is 232 g/mol. The molecule has 0 aliphatic rings. The largest absolute Gasteiger partial charge is 0.315 e. The second kappa shape index (κ2) is 9.61. The van der Waals surface area contributed by atoms with Crippen LogP contribution in [0.4, 0.5) is 0 Å². The van der Waals surface area contributed by atoms with Crippen LogP contribution in [0.2, 0.25) is 0 Å². The van der Waals surface area contributed by atoms with Gasteiger partial charge in [-0.1, -0.05) is 44.2 Å². The van der Waals surface area contributed by atoms with Crippen molar-refractivity contribution in [3.63, 3.8) is 0 Å². The van der Waals surface area contributed by atoms with Crippen LogP contribution in [-0.4, -0.2) is 31.1 Å². The van der Waals surface area contributed by atoms with Crippen molar-refractivity contribution in [1.82, 2.24) is 10.2 Å². The molecule has 1 unspecified atom stereocenters. The molecule has 0 aliphatic heterocycles. The maximum absolute atomic E-state index is 5.27. The Bertz CT molecular complexity index is 363. The Morgan fingerprint density at radius 3 is 2.47 bits per heavy atom. The number of nitrogens with one attached hydrogen (secondary N) is 1. The third kappa shape index (κ3) is 5.46. The van der Waals surface area contributed by atoms with Gasteiger partial charge in [-0.25, -0.2) is 0 Å². The molecule has 1 rings (SSSR count). The molecule has 2 nitrogen and oxygen atoms in total. The molecule has 19 heavy (non-hydrogen) atoms. The van der Waals surface area contributed by atoms with Crippen LogP contribution < -0.4 is 5.32 Å². The van der Waals surface area contributed by atoms with Crippen molar-refractivity contribution in [2.45, 2.75) is 32.7 Å². The molecule has 0 bridgehead atoms. The van der Waals surface area contributed by atoms with Crippen molar-refractivity contribution in [2.75, 3.05) is 26.2 Å². The highest BCUT2D eigenvalue weighted by atomic mass is 15.2. The zero-order chi connectivity index (χ0) is 13.9. The van der Waals surface area contributed by atoms with Gasteiger partial charge in [0.25, 0.3) is 0 Å². The van der Waals surface area contributed by atoms with Gasteiger partial charge in [0.05, 0.1) is 0 Å². The smallest absolute Gasteiger partial charge is 0.0472 e. The van der Waals surface area contributed by atoms with Crippen molar-refractivity contribution < 1.29 is 0 Å². The number of benzene rings is 1. The summed E-state index contributed by atoms with van der Waals surface area (Å²) in [6.45, 7) is 8.56. The lowest BCUT2D eigenvalue weighted by Gasteiger charge is -2.30. The first-order chi connectivity index (χ1) is 9.33. The summed E-state index contributed by atoms with van der Waals surface area (Å²) in [6, 6.07) is 11.2. The van der Waals surface area contributed by atoms with Gasteiger partial charge in [0, 0.05) is 19.0 Å². The van der Waals surface area contributed by atoms with Gasteiger partial charge in [-0.05, 0) is 31.6 Å². The second-order valence-corrected chi connectivity index (χ2v) is 4.66. The Balaban J connectivity index is 2.58. The summed E-state index contributed by atoms with van der Waals surface area (Å²) in [4.78, 5) is 2.49. The fourth-order valence-electron chi connectivity index (χ4n) is 2.35. The molecule has 1 aromatic carbocycles. The van der Waals surface area contributed by atoms with Crippen LogP contribution in [0.25, 0.3) is 0 Å². The number of nitrogens with zero attached hydrogens (tertiary/aromatic N) is 1. The molecule has 104 valence electrons. The van der Waals surface area contributed by atoms with Gasteiger partial charge in [-0.3, -0.25) is 4.90 Å². The number of terminal acetylenes is 1. The summed E-state index contributed by atoms with van der Waals surface area (Å²) in [7, 11) is 0. The molecule has 0 radical (unpaired) electrons. The number of rotatable bonds is 9. The topological polar surface area (TPSA) is 15.3 Å². The highest BCUT2D eigenvalue weighted by Crippen LogP contribution is 2.19. The van der Waals surface area contributed by atoms with Crippen molar-refractivity contribution in [1.29, 1.82) is 0 Å². The van der Waals surface area contributed by atoms with Crippen LogP contribution in [0.3, 0.4) is 0 Å². The van der Waals surface area contributed by atoms with Gasteiger partial charge in [-0.15, -0.1) is 12.3 Å². The monoisotopic (exact) mass is 258 g/mol. The molecule has 0 aliphatic carbocycles. The number of hydrogen-bond acceptors (Lipinski definition) is 2. The minimum Gasteiger partial charge on any atom is -0.315 e. The summed E-state index contributed by atoms with van der Waals surface area (Å²) in [5.74, 6) is 2.68. The molecule has 0 spiro atoms. The minimum atomic E-state index is 0.446. The molecule has 0 fully saturated rings. The standard InChI is InChI=1S/C17H26N2/c1-4-7-11-14-18-15-17(19(5-2)6-3)16-12-9-8-10-13-16/h1,8-10,12-13,17-18H,5-7,11,14-15H2,2-3H3. The minimum absolute atomic E-state index is 0.446. The molecule has 0 saturated carbocycles. The summed E-state index contributed by atoms with van der Waals surface area (Å²) >= 11 is 0. The van der Waals surface area contributed by atoms with Crippen molar-refractivity contribution >= 4 is 0 Å². The van der Waals surface area contributed by atoms with Crippen molar-refractivity contribution in [3.05, 3.63) is 35.9 Å². The quantitative estimate of drug-likeness (QED) is 0.541. The van der Waals surface area contributed by atoms with E-state index in [4.69, 9.17) is 6.42 Å². The van der Waals surface area contributed by atoms with E-state index in [1.165, 1.54) is 5.56 Å². The van der Waals surface area contributed by atoms with E-state index < -0.39 is 0 Å². The lowest BCUT2D eigenvalue weighted by Crippen LogP contribution is -2.36. The van der Waals surface area contributed by atoms with E-state index in [1.54, 1.807) is 0 Å². The zero-order valence-electron chi connectivity index (χ0n) is 12.2. The maximum Gasteiger partial charge on any atom is 0.0472 e. The number of likely N-dealkylation sites (N-methyl/N-ethyl adjacent to an activating group) is 1. The van der Waals surface area contributed by atoms with Crippen LogP contribution >= 0.6 is 0 Å². The Labute approximate surface area is 118 Å². The molecule has 1 aromatic rings. The zero-order valence-corrected chi connectivity index (χ0v) is 12.2. The lowest BCUT2D eigenvalue weighted by atomic mass is 10.1. The van der Waals surface area contributed by atoms with Gasteiger partial charge < -0.3 is 5.32 Å². The van der Waals surface area contributed by atoms with E-state index in [2.05, 4.69) is 60.3 Å². The van der Waals surface area contributed by atoms with Crippen LogP contribution in [0, 0.1) is 12.3 Å². The van der Waals surface area contributed by atoms with Gasteiger partial charge >= 0.3 is 0 Å². The van der Waals surface area contributed by atoms with Crippen LogP contribution in [0.15, 0.2) is 30.3 Å². The molecule has 2 heteroatoms. The van der Waals surface area contributed by atoms with E-state index in [-0.39, 0.29) is 0 Å². The molecule has 0 aromatic heterocycles. The van der Waals surface area contributed by atoms with Crippen LogP contribution in [0.1, 0.15) is 38.3 Å². The van der Waals surface area contributed by atoms with Crippen molar-refractivity contribution in [3.8, 4) is 12.3 Å². The maximum atomic E-state index is 5.27. The van der Waals surface area contributed by atoms with E-state index in [0.717, 1.165) is 39.0 Å².